The van der Waals surface area contributed by atoms with E-state index in [1.165, 1.54) is 0 Å². The van der Waals surface area contributed by atoms with Crippen molar-refractivity contribution < 1.29 is 13.2 Å². The summed E-state index contributed by atoms with van der Waals surface area (Å²) in [6, 6.07) is 3.70. The van der Waals surface area contributed by atoms with Crippen LogP contribution in [0, 0.1) is 6.92 Å². The lowest BCUT2D eigenvalue weighted by atomic mass is 10.1. The first-order valence-corrected chi connectivity index (χ1v) is 9.75. The fourth-order valence-corrected chi connectivity index (χ4v) is 4.28. The largest absolute Gasteiger partial charge is 0.335 e. The first kappa shape index (κ1) is 17.7. The van der Waals surface area contributed by atoms with Crippen molar-refractivity contribution in [2.24, 2.45) is 0 Å². The van der Waals surface area contributed by atoms with Crippen LogP contribution in [-0.2, 0) is 16.3 Å². The zero-order valence-electron chi connectivity index (χ0n) is 13.9. The van der Waals surface area contributed by atoms with E-state index in [1.807, 2.05) is 26.0 Å². The molecule has 0 aromatic carbocycles. The van der Waals surface area contributed by atoms with Crippen molar-refractivity contribution in [2.75, 3.05) is 18.6 Å². The van der Waals surface area contributed by atoms with Gasteiger partial charge in [0.2, 0.25) is 0 Å². The fourth-order valence-electron chi connectivity index (χ4n) is 2.82. The molecule has 1 aromatic heterocycles. The van der Waals surface area contributed by atoms with Gasteiger partial charge in [-0.3, -0.25) is 4.98 Å². The first-order valence-electron chi connectivity index (χ1n) is 7.93. The Morgan fingerprint density at radius 1 is 1.43 bits per heavy atom. The monoisotopic (exact) mass is 339 g/mol. The number of hydrogen-bond donors (Lipinski definition) is 1. The summed E-state index contributed by atoms with van der Waals surface area (Å²) in [6.07, 6.45) is 3.46. The zero-order chi connectivity index (χ0) is 17.0. The molecule has 1 aliphatic rings. The van der Waals surface area contributed by atoms with Crippen molar-refractivity contribution in [3.8, 4) is 0 Å². The summed E-state index contributed by atoms with van der Waals surface area (Å²) < 4.78 is 23.0. The Bertz CT molecular complexity index is 646. The standard InChI is InChI=1S/C16H25N3O3S/c1-12-5-4-8-17-15(12)11-13(2)18-16(20)19(3)14-6-9-23(21,22)10-7-14/h4-5,8,13-14H,6-7,9-11H2,1-3H3,(H,18,20)/t13-/m1/s1. The van der Waals surface area contributed by atoms with Gasteiger partial charge >= 0.3 is 6.03 Å². The second-order valence-electron chi connectivity index (χ2n) is 6.32. The normalized spacial score (nSPS) is 19.1. The van der Waals surface area contributed by atoms with Crippen molar-refractivity contribution in [1.82, 2.24) is 15.2 Å². The first-order chi connectivity index (χ1) is 10.8. The number of aromatic nitrogens is 1. The maximum Gasteiger partial charge on any atom is 0.317 e. The second kappa shape index (κ2) is 7.29. The molecule has 0 bridgehead atoms. The minimum atomic E-state index is -2.91. The van der Waals surface area contributed by atoms with Crippen LogP contribution in [0.2, 0.25) is 0 Å². The molecule has 23 heavy (non-hydrogen) atoms. The Kier molecular flexibility index (Phi) is 5.62. The topological polar surface area (TPSA) is 79.4 Å². The number of nitrogens with one attached hydrogen (secondary N) is 1. The second-order valence-corrected chi connectivity index (χ2v) is 8.62. The van der Waals surface area contributed by atoms with Crippen molar-refractivity contribution in [2.45, 2.75) is 45.2 Å². The molecule has 0 spiro atoms. The summed E-state index contributed by atoms with van der Waals surface area (Å²) in [5.74, 6) is 0.329. The number of carbonyl (C=O) groups is 1. The van der Waals surface area contributed by atoms with Crippen LogP contribution in [-0.4, -0.2) is 55.0 Å². The molecule has 1 saturated heterocycles. The molecule has 0 radical (unpaired) electrons. The molecule has 128 valence electrons. The number of aryl methyl sites for hydroxylation is 1. The fraction of sp³-hybridized carbons (Fsp3) is 0.625. The van der Waals surface area contributed by atoms with E-state index in [1.54, 1.807) is 18.1 Å². The summed E-state index contributed by atoms with van der Waals surface area (Å²) in [5, 5.41) is 2.97. The summed E-state index contributed by atoms with van der Waals surface area (Å²) in [6.45, 7) is 3.96. The van der Waals surface area contributed by atoms with Crippen molar-refractivity contribution in [1.29, 1.82) is 0 Å². The van der Waals surface area contributed by atoms with E-state index in [0.29, 0.717) is 19.3 Å². The summed E-state index contributed by atoms with van der Waals surface area (Å²) in [4.78, 5) is 18.3. The van der Waals surface area contributed by atoms with Crippen LogP contribution in [0.5, 0.6) is 0 Å². The van der Waals surface area contributed by atoms with Crippen molar-refractivity contribution in [3.05, 3.63) is 29.6 Å². The predicted molar refractivity (Wildman–Crippen MR) is 90.1 cm³/mol. The third-order valence-corrected chi connectivity index (χ3v) is 6.09. The third kappa shape index (κ3) is 4.92. The van der Waals surface area contributed by atoms with Gasteiger partial charge < -0.3 is 10.2 Å². The lowest BCUT2D eigenvalue weighted by Gasteiger charge is -2.32. The van der Waals surface area contributed by atoms with E-state index in [-0.39, 0.29) is 29.6 Å². The molecule has 2 rings (SSSR count). The molecule has 1 fully saturated rings. The van der Waals surface area contributed by atoms with E-state index in [2.05, 4.69) is 10.3 Å². The number of sulfone groups is 1. The highest BCUT2D eigenvalue weighted by molar-refractivity contribution is 7.91. The van der Waals surface area contributed by atoms with E-state index >= 15 is 0 Å². The Morgan fingerprint density at radius 3 is 2.70 bits per heavy atom. The van der Waals surface area contributed by atoms with Crippen LogP contribution >= 0.6 is 0 Å². The van der Waals surface area contributed by atoms with Crippen LogP contribution in [0.4, 0.5) is 4.79 Å². The van der Waals surface area contributed by atoms with Gasteiger partial charge in [0.25, 0.3) is 0 Å². The molecule has 6 nitrogen and oxygen atoms in total. The van der Waals surface area contributed by atoms with Crippen LogP contribution in [0.3, 0.4) is 0 Å². The van der Waals surface area contributed by atoms with Crippen LogP contribution in [0.1, 0.15) is 31.0 Å². The Morgan fingerprint density at radius 2 is 2.09 bits per heavy atom. The minimum absolute atomic E-state index is 0.0117. The quantitative estimate of drug-likeness (QED) is 0.902. The van der Waals surface area contributed by atoms with Gasteiger partial charge in [0, 0.05) is 37.4 Å². The number of pyridine rings is 1. The Hall–Kier alpha value is -1.63. The molecule has 2 amide bonds. The summed E-state index contributed by atoms with van der Waals surface area (Å²) >= 11 is 0. The van der Waals surface area contributed by atoms with Gasteiger partial charge in [0.05, 0.1) is 11.5 Å². The van der Waals surface area contributed by atoms with Crippen LogP contribution in [0.15, 0.2) is 18.3 Å². The molecule has 2 heterocycles. The minimum Gasteiger partial charge on any atom is -0.335 e. The van der Waals surface area contributed by atoms with E-state index in [0.717, 1.165) is 11.3 Å². The molecule has 1 aromatic rings. The van der Waals surface area contributed by atoms with Crippen LogP contribution < -0.4 is 5.32 Å². The predicted octanol–water partition coefficient (Wildman–Crippen LogP) is 1.54. The number of amides is 2. The average molecular weight is 339 g/mol. The lowest BCUT2D eigenvalue weighted by Crippen LogP contribution is -2.49. The van der Waals surface area contributed by atoms with Gasteiger partial charge in [-0.1, -0.05) is 6.07 Å². The number of nitrogens with zero attached hydrogens (tertiary/aromatic N) is 2. The van der Waals surface area contributed by atoms with Crippen molar-refractivity contribution >= 4 is 15.9 Å². The van der Waals surface area contributed by atoms with Gasteiger partial charge in [0.1, 0.15) is 9.84 Å². The number of carbonyl (C=O) groups excluding carboxylic acids is 1. The number of rotatable bonds is 4. The maximum absolute atomic E-state index is 12.3. The molecular weight excluding hydrogens is 314 g/mol. The molecule has 0 aliphatic carbocycles. The van der Waals surface area contributed by atoms with Crippen LogP contribution in [0.25, 0.3) is 0 Å². The van der Waals surface area contributed by atoms with Crippen molar-refractivity contribution in [3.63, 3.8) is 0 Å². The zero-order valence-corrected chi connectivity index (χ0v) is 14.8. The highest BCUT2D eigenvalue weighted by Gasteiger charge is 2.28. The van der Waals surface area contributed by atoms with E-state index in [9.17, 15) is 13.2 Å². The Balaban J connectivity index is 1.87. The molecule has 1 atom stereocenters. The Labute approximate surface area is 138 Å². The maximum atomic E-state index is 12.3. The van der Waals surface area contributed by atoms with Gasteiger partial charge in [-0.05, 0) is 38.3 Å². The van der Waals surface area contributed by atoms with Gasteiger partial charge in [0.15, 0.2) is 0 Å². The molecule has 1 aliphatic heterocycles. The summed E-state index contributed by atoms with van der Waals surface area (Å²) in [5.41, 5.74) is 2.09. The number of urea groups is 1. The molecule has 1 N–H and O–H groups in total. The highest BCUT2D eigenvalue weighted by Crippen LogP contribution is 2.17. The van der Waals surface area contributed by atoms with Gasteiger partial charge in [-0.25, -0.2) is 13.2 Å². The number of hydrogen-bond acceptors (Lipinski definition) is 4. The smallest absolute Gasteiger partial charge is 0.317 e. The van der Waals surface area contributed by atoms with E-state index in [4.69, 9.17) is 0 Å². The lowest BCUT2D eigenvalue weighted by molar-refractivity contribution is 0.182. The molecular formula is C16H25N3O3S. The SMILES string of the molecule is Cc1cccnc1C[C@@H](C)NC(=O)N(C)C1CCS(=O)(=O)CC1. The molecule has 7 heteroatoms. The highest BCUT2D eigenvalue weighted by atomic mass is 32.2. The van der Waals surface area contributed by atoms with Gasteiger partial charge in [-0.15, -0.1) is 0 Å². The third-order valence-electron chi connectivity index (χ3n) is 4.38. The average Bonchev–Trinajstić information content (AvgIpc) is 2.49. The van der Waals surface area contributed by atoms with E-state index < -0.39 is 9.84 Å². The van der Waals surface area contributed by atoms with Gasteiger partial charge in [-0.2, -0.15) is 0 Å². The summed E-state index contributed by atoms with van der Waals surface area (Å²) in [7, 11) is -1.18. The molecule has 0 saturated carbocycles. The molecule has 0 unspecified atom stereocenters.